The molecular weight excluding hydrogens is 254 g/mol. The molecule has 0 radical (unpaired) electrons. The van der Waals surface area contributed by atoms with Crippen LogP contribution in [0.5, 0.6) is 0 Å². The van der Waals surface area contributed by atoms with Crippen LogP contribution in [0.25, 0.3) is 0 Å². The Labute approximate surface area is 118 Å². The SMILES string of the molecule is Cc1cc2c(n1C(C)Cc1cccs1)CCCC2O. The first-order chi connectivity index (χ1) is 9.16. The summed E-state index contributed by atoms with van der Waals surface area (Å²) >= 11 is 1.83. The molecule has 1 aliphatic rings. The van der Waals surface area contributed by atoms with Gasteiger partial charge < -0.3 is 9.67 Å². The molecule has 1 aliphatic carbocycles. The van der Waals surface area contributed by atoms with Gasteiger partial charge in [0.25, 0.3) is 0 Å². The van der Waals surface area contributed by atoms with Crippen molar-refractivity contribution >= 4 is 11.3 Å². The van der Waals surface area contributed by atoms with Crippen molar-refractivity contribution in [1.82, 2.24) is 4.57 Å². The van der Waals surface area contributed by atoms with E-state index in [9.17, 15) is 5.11 Å². The molecular formula is C16H21NOS. The number of fused-ring (bicyclic) bond motifs is 1. The van der Waals surface area contributed by atoms with Gasteiger partial charge in [-0.1, -0.05) is 6.07 Å². The molecule has 1 N–H and O–H groups in total. The fraction of sp³-hybridized carbons (Fsp3) is 0.500. The van der Waals surface area contributed by atoms with Crippen molar-refractivity contribution in [3.05, 3.63) is 45.4 Å². The van der Waals surface area contributed by atoms with Crippen LogP contribution in [0.4, 0.5) is 0 Å². The molecule has 0 saturated heterocycles. The number of rotatable bonds is 3. The molecule has 2 atom stereocenters. The van der Waals surface area contributed by atoms with Crippen LogP contribution in [0.2, 0.25) is 0 Å². The van der Waals surface area contributed by atoms with Crippen LogP contribution in [-0.4, -0.2) is 9.67 Å². The Morgan fingerprint density at radius 3 is 3.11 bits per heavy atom. The van der Waals surface area contributed by atoms with Crippen molar-refractivity contribution < 1.29 is 5.11 Å². The van der Waals surface area contributed by atoms with Crippen LogP contribution in [0, 0.1) is 6.92 Å². The van der Waals surface area contributed by atoms with E-state index in [-0.39, 0.29) is 6.10 Å². The van der Waals surface area contributed by atoms with Crippen LogP contribution in [0.15, 0.2) is 23.6 Å². The van der Waals surface area contributed by atoms with Gasteiger partial charge in [-0.25, -0.2) is 0 Å². The van der Waals surface area contributed by atoms with Gasteiger partial charge in [-0.3, -0.25) is 0 Å². The Morgan fingerprint density at radius 2 is 2.37 bits per heavy atom. The van der Waals surface area contributed by atoms with Gasteiger partial charge in [0.15, 0.2) is 0 Å². The number of aliphatic hydroxyl groups excluding tert-OH is 1. The Kier molecular flexibility index (Phi) is 3.50. The molecule has 0 aromatic carbocycles. The number of hydrogen-bond acceptors (Lipinski definition) is 2. The molecule has 3 rings (SSSR count). The second-order valence-electron chi connectivity index (χ2n) is 5.60. The number of thiophene rings is 1. The molecule has 0 amide bonds. The summed E-state index contributed by atoms with van der Waals surface area (Å²) in [6.07, 6.45) is 3.95. The fourth-order valence-corrected chi connectivity index (χ4v) is 4.15. The molecule has 19 heavy (non-hydrogen) atoms. The fourth-order valence-electron chi connectivity index (χ4n) is 3.33. The average molecular weight is 275 g/mol. The second kappa shape index (κ2) is 5.14. The molecule has 2 heterocycles. The Hall–Kier alpha value is -1.06. The van der Waals surface area contributed by atoms with Gasteiger partial charge in [-0.15, -0.1) is 11.3 Å². The minimum atomic E-state index is -0.252. The normalized spacial score (nSPS) is 20.3. The summed E-state index contributed by atoms with van der Waals surface area (Å²) in [5, 5.41) is 12.3. The molecule has 0 spiro atoms. The van der Waals surface area contributed by atoms with E-state index in [2.05, 4.69) is 42.0 Å². The van der Waals surface area contributed by atoms with Crippen molar-refractivity contribution in [2.45, 2.75) is 51.7 Å². The van der Waals surface area contributed by atoms with Gasteiger partial charge >= 0.3 is 0 Å². The third-order valence-corrected chi connectivity index (χ3v) is 5.03. The first kappa shape index (κ1) is 12.9. The van der Waals surface area contributed by atoms with E-state index in [0.717, 1.165) is 25.7 Å². The lowest BCUT2D eigenvalue weighted by Gasteiger charge is -2.24. The monoisotopic (exact) mass is 275 g/mol. The smallest absolute Gasteiger partial charge is 0.0807 e. The maximum atomic E-state index is 10.1. The summed E-state index contributed by atoms with van der Waals surface area (Å²) in [4.78, 5) is 1.44. The van der Waals surface area contributed by atoms with E-state index in [1.54, 1.807) is 0 Å². The van der Waals surface area contributed by atoms with Crippen molar-refractivity contribution in [2.24, 2.45) is 0 Å². The molecule has 2 aromatic rings. The summed E-state index contributed by atoms with van der Waals surface area (Å²) < 4.78 is 2.44. The van der Waals surface area contributed by atoms with E-state index in [4.69, 9.17) is 0 Å². The Morgan fingerprint density at radius 1 is 1.53 bits per heavy atom. The zero-order valence-electron chi connectivity index (χ0n) is 11.6. The average Bonchev–Trinajstić information content (AvgIpc) is 2.96. The standard InChI is InChI=1S/C16H21NOS/c1-11(9-13-5-4-8-19-13)17-12(2)10-14-15(17)6-3-7-16(14)18/h4-5,8,10-11,16,18H,3,6-7,9H2,1-2H3. The van der Waals surface area contributed by atoms with E-state index in [1.807, 2.05) is 11.3 Å². The molecule has 0 fully saturated rings. The largest absolute Gasteiger partial charge is 0.388 e. The first-order valence-corrected chi connectivity index (χ1v) is 7.96. The predicted molar refractivity (Wildman–Crippen MR) is 79.8 cm³/mol. The number of aryl methyl sites for hydroxylation is 1. The van der Waals surface area contributed by atoms with Gasteiger partial charge in [0, 0.05) is 34.3 Å². The van der Waals surface area contributed by atoms with Gasteiger partial charge in [-0.2, -0.15) is 0 Å². The predicted octanol–water partition coefficient (Wildman–Crippen LogP) is 4.03. The van der Waals surface area contributed by atoms with Gasteiger partial charge in [-0.05, 0) is 50.6 Å². The quantitative estimate of drug-likeness (QED) is 0.899. The van der Waals surface area contributed by atoms with E-state index < -0.39 is 0 Å². The van der Waals surface area contributed by atoms with Crippen LogP contribution >= 0.6 is 11.3 Å². The summed E-state index contributed by atoms with van der Waals surface area (Å²) in [6.45, 7) is 4.45. The highest BCUT2D eigenvalue weighted by atomic mass is 32.1. The zero-order valence-corrected chi connectivity index (χ0v) is 12.4. The minimum absolute atomic E-state index is 0.252. The molecule has 0 aliphatic heterocycles. The lowest BCUT2D eigenvalue weighted by atomic mass is 9.95. The topological polar surface area (TPSA) is 25.2 Å². The third kappa shape index (κ3) is 2.37. The van der Waals surface area contributed by atoms with Crippen molar-refractivity contribution in [2.75, 3.05) is 0 Å². The van der Waals surface area contributed by atoms with E-state index >= 15 is 0 Å². The summed E-state index contributed by atoms with van der Waals surface area (Å²) in [6, 6.07) is 6.98. The van der Waals surface area contributed by atoms with Crippen LogP contribution < -0.4 is 0 Å². The van der Waals surface area contributed by atoms with Crippen molar-refractivity contribution in [1.29, 1.82) is 0 Å². The van der Waals surface area contributed by atoms with Crippen LogP contribution in [0.1, 0.15) is 53.7 Å². The highest BCUT2D eigenvalue weighted by Crippen LogP contribution is 2.34. The summed E-state index contributed by atoms with van der Waals surface area (Å²) in [5.41, 5.74) is 3.82. The lowest BCUT2D eigenvalue weighted by Crippen LogP contribution is -2.16. The molecule has 3 heteroatoms. The maximum absolute atomic E-state index is 10.1. The van der Waals surface area contributed by atoms with E-state index in [0.29, 0.717) is 6.04 Å². The van der Waals surface area contributed by atoms with Gasteiger partial charge in [0.05, 0.1) is 6.10 Å². The number of nitrogens with zero attached hydrogens (tertiary/aromatic N) is 1. The van der Waals surface area contributed by atoms with Crippen molar-refractivity contribution in [3.63, 3.8) is 0 Å². The Bertz CT molecular complexity index is 556. The molecule has 0 bridgehead atoms. The van der Waals surface area contributed by atoms with E-state index in [1.165, 1.54) is 21.8 Å². The minimum Gasteiger partial charge on any atom is -0.388 e. The van der Waals surface area contributed by atoms with Crippen LogP contribution in [0.3, 0.4) is 0 Å². The Balaban J connectivity index is 1.92. The van der Waals surface area contributed by atoms with Crippen LogP contribution in [-0.2, 0) is 12.8 Å². The first-order valence-electron chi connectivity index (χ1n) is 7.08. The molecule has 2 unspecified atom stereocenters. The highest BCUT2D eigenvalue weighted by molar-refractivity contribution is 7.09. The molecule has 2 aromatic heterocycles. The number of aliphatic hydroxyl groups is 1. The maximum Gasteiger partial charge on any atom is 0.0807 e. The summed E-state index contributed by atoms with van der Waals surface area (Å²) in [7, 11) is 0. The third-order valence-electron chi connectivity index (χ3n) is 4.14. The summed E-state index contributed by atoms with van der Waals surface area (Å²) in [5.74, 6) is 0. The van der Waals surface area contributed by atoms with Gasteiger partial charge in [0.2, 0.25) is 0 Å². The molecule has 0 saturated carbocycles. The number of hydrogen-bond donors (Lipinski definition) is 1. The van der Waals surface area contributed by atoms with Gasteiger partial charge in [0.1, 0.15) is 0 Å². The number of aromatic nitrogens is 1. The molecule has 2 nitrogen and oxygen atoms in total. The lowest BCUT2D eigenvalue weighted by molar-refractivity contribution is 0.155. The molecule has 102 valence electrons. The van der Waals surface area contributed by atoms with Crippen molar-refractivity contribution in [3.8, 4) is 0 Å². The second-order valence-corrected chi connectivity index (χ2v) is 6.63. The highest BCUT2D eigenvalue weighted by Gasteiger charge is 2.24. The zero-order chi connectivity index (χ0) is 13.4.